The molecule has 0 atom stereocenters. The molecular weight excluding hydrogens is 322 g/mol. The summed E-state index contributed by atoms with van der Waals surface area (Å²) in [7, 11) is 1.56. The van der Waals surface area contributed by atoms with Crippen molar-refractivity contribution in [3.63, 3.8) is 0 Å². The van der Waals surface area contributed by atoms with Crippen LogP contribution in [0.4, 0.5) is 0 Å². The van der Waals surface area contributed by atoms with Crippen LogP contribution in [0.2, 0.25) is 0 Å². The van der Waals surface area contributed by atoms with Gasteiger partial charge in [0.1, 0.15) is 5.75 Å². The highest BCUT2D eigenvalue weighted by Crippen LogP contribution is 2.28. The van der Waals surface area contributed by atoms with Crippen LogP contribution >= 0.6 is 15.9 Å². The maximum Gasteiger partial charge on any atom is 0.347 e. The van der Waals surface area contributed by atoms with Crippen molar-refractivity contribution >= 4 is 26.8 Å². The highest BCUT2D eigenvalue weighted by Gasteiger charge is 2.12. The van der Waals surface area contributed by atoms with Gasteiger partial charge in [-0.2, -0.15) is 0 Å². The molecule has 0 amide bonds. The zero-order chi connectivity index (χ0) is 14.1. The zero-order valence-corrected chi connectivity index (χ0v) is 12.2. The lowest BCUT2D eigenvalue weighted by molar-refractivity contribution is 0.413. The molecular formula is C15H10BrNO3. The molecule has 3 aromatic rings. The second-order valence-electron chi connectivity index (χ2n) is 4.17. The van der Waals surface area contributed by atoms with Crippen molar-refractivity contribution in [3.05, 3.63) is 57.4 Å². The lowest BCUT2D eigenvalue weighted by atomic mass is 10.2. The molecule has 0 saturated heterocycles. The number of halogens is 1. The van der Waals surface area contributed by atoms with E-state index in [0.717, 1.165) is 4.47 Å². The van der Waals surface area contributed by atoms with Gasteiger partial charge in [0.2, 0.25) is 5.89 Å². The average molecular weight is 332 g/mol. The van der Waals surface area contributed by atoms with Crippen molar-refractivity contribution in [2.75, 3.05) is 7.11 Å². The smallest absolute Gasteiger partial charge is 0.347 e. The Morgan fingerprint density at radius 3 is 2.80 bits per heavy atom. The largest absolute Gasteiger partial charge is 0.496 e. The predicted molar refractivity (Wildman–Crippen MR) is 80.0 cm³/mol. The van der Waals surface area contributed by atoms with Crippen LogP contribution in [0.15, 0.2) is 56.1 Å². The van der Waals surface area contributed by atoms with Gasteiger partial charge >= 0.3 is 5.63 Å². The van der Waals surface area contributed by atoms with E-state index in [0.29, 0.717) is 22.2 Å². The maximum atomic E-state index is 12.1. The third-order valence-electron chi connectivity index (χ3n) is 2.93. The van der Waals surface area contributed by atoms with Crippen LogP contribution in [0.25, 0.3) is 22.4 Å². The number of methoxy groups -OCH3 is 1. The summed E-state index contributed by atoms with van der Waals surface area (Å²) in [6.45, 7) is 0. The van der Waals surface area contributed by atoms with Crippen LogP contribution in [0.5, 0.6) is 5.75 Å². The van der Waals surface area contributed by atoms with E-state index in [1.807, 2.05) is 18.2 Å². The minimum absolute atomic E-state index is 0.252. The Kier molecular flexibility index (Phi) is 3.28. The highest BCUT2D eigenvalue weighted by molar-refractivity contribution is 9.10. The van der Waals surface area contributed by atoms with Crippen LogP contribution in [0.1, 0.15) is 0 Å². The second kappa shape index (κ2) is 5.09. The minimum atomic E-state index is -0.419. The molecule has 1 aromatic heterocycles. The fraction of sp³-hybridized carbons (Fsp3) is 0.0667. The van der Waals surface area contributed by atoms with Crippen molar-refractivity contribution in [2.24, 2.45) is 0 Å². The van der Waals surface area contributed by atoms with Crippen LogP contribution in [-0.4, -0.2) is 12.1 Å². The van der Waals surface area contributed by atoms with Crippen LogP contribution in [-0.2, 0) is 0 Å². The molecule has 0 aliphatic carbocycles. The molecule has 0 bridgehead atoms. The van der Waals surface area contributed by atoms with E-state index >= 15 is 0 Å². The fourth-order valence-corrected chi connectivity index (χ4v) is 2.34. The molecule has 0 fully saturated rings. The van der Waals surface area contributed by atoms with Gasteiger partial charge in [-0.05, 0) is 30.3 Å². The first kappa shape index (κ1) is 12.9. The van der Waals surface area contributed by atoms with Gasteiger partial charge in [-0.3, -0.25) is 0 Å². The molecule has 0 spiro atoms. The summed E-state index contributed by atoms with van der Waals surface area (Å²) in [6, 6.07) is 12.6. The Morgan fingerprint density at radius 1 is 1.20 bits per heavy atom. The standard InChI is InChI=1S/C15H10BrNO3/c1-19-13-5-3-2-4-10(13)14-17-12-7-6-9(16)8-11(12)15(18)20-14/h2-8H,1H3. The third kappa shape index (κ3) is 2.20. The minimum Gasteiger partial charge on any atom is -0.496 e. The number of fused-ring (bicyclic) bond motifs is 1. The molecule has 100 valence electrons. The lowest BCUT2D eigenvalue weighted by Crippen LogP contribution is -2.03. The summed E-state index contributed by atoms with van der Waals surface area (Å²) in [6.07, 6.45) is 0. The van der Waals surface area contributed by atoms with Gasteiger partial charge in [-0.15, -0.1) is 0 Å². The molecule has 20 heavy (non-hydrogen) atoms. The summed E-state index contributed by atoms with van der Waals surface area (Å²) >= 11 is 3.32. The first-order valence-electron chi connectivity index (χ1n) is 5.93. The topological polar surface area (TPSA) is 52.3 Å². The molecule has 3 rings (SSSR count). The van der Waals surface area contributed by atoms with Gasteiger partial charge in [-0.1, -0.05) is 28.1 Å². The normalized spacial score (nSPS) is 10.7. The van der Waals surface area contributed by atoms with E-state index in [2.05, 4.69) is 20.9 Å². The summed E-state index contributed by atoms with van der Waals surface area (Å²) in [5.74, 6) is 0.863. The van der Waals surface area contributed by atoms with Crippen LogP contribution < -0.4 is 10.4 Å². The second-order valence-corrected chi connectivity index (χ2v) is 5.08. The highest BCUT2D eigenvalue weighted by atomic mass is 79.9. The van der Waals surface area contributed by atoms with E-state index in [1.54, 1.807) is 31.4 Å². The van der Waals surface area contributed by atoms with Crippen molar-refractivity contribution in [1.29, 1.82) is 0 Å². The molecule has 5 heteroatoms. The Morgan fingerprint density at radius 2 is 2.00 bits per heavy atom. The summed E-state index contributed by atoms with van der Waals surface area (Å²) in [5.41, 5.74) is 0.819. The van der Waals surface area contributed by atoms with E-state index in [4.69, 9.17) is 9.15 Å². The Bertz CT molecular complexity index is 842. The molecule has 4 nitrogen and oxygen atoms in total. The number of benzene rings is 2. The molecule has 0 aliphatic rings. The van der Waals surface area contributed by atoms with Gasteiger partial charge in [-0.25, -0.2) is 9.78 Å². The molecule has 2 aromatic carbocycles. The number of para-hydroxylation sites is 1. The van der Waals surface area contributed by atoms with E-state index in [-0.39, 0.29) is 5.89 Å². The molecule has 0 aliphatic heterocycles. The number of aromatic nitrogens is 1. The van der Waals surface area contributed by atoms with Gasteiger partial charge in [0.15, 0.2) is 0 Å². The van der Waals surface area contributed by atoms with Crippen molar-refractivity contribution in [2.45, 2.75) is 0 Å². The van der Waals surface area contributed by atoms with Gasteiger partial charge < -0.3 is 9.15 Å². The zero-order valence-electron chi connectivity index (χ0n) is 10.6. The first-order valence-corrected chi connectivity index (χ1v) is 6.72. The van der Waals surface area contributed by atoms with Gasteiger partial charge in [0, 0.05) is 4.47 Å². The molecule has 0 N–H and O–H groups in total. The maximum absolute atomic E-state index is 12.1. The molecule has 0 radical (unpaired) electrons. The first-order chi connectivity index (χ1) is 9.69. The molecule has 0 unspecified atom stereocenters. The quantitative estimate of drug-likeness (QED) is 0.719. The summed E-state index contributed by atoms with van der Waals surface area (Å²) in [4.78, 5) is 16.4. The number of hydrogen-bond acceptors (Lipinski definition) is 4. The predicted octanol–water partition coefficient (Wildman–Crippen LogP) is 3.63. The molecule has 0 saturated carbocycles. The van der Waals surface area contributed by atoms with Crippen molar-refractivity contribution in [1.82, 2.24) is 4.98 Å². The Balaban J connectivity index is 2.28. The SMILES string of the molecule is COc1ccccc1-c1nc2ccc(Br)cc2c(=O)o1. The Labute approximate surface area is 123 Å². The summed E-state index contributed by atoms with van der Waals surface area (Å²) < 4.78 is 11.4. The summed E-state index contributed by atoms with van der Waals surface area (Å²) in [5, 5.41) is 0.443. The fourth-order valence-electron chi connectivity index (χ4n) is 1.98. The number of hydrogen-bond donors (Lipinski definition) is 0. The van der Waals surface area contributed by atoms with Crippen molar-refractivity contribution < 1.29 is 9.15 Å². The molecule has 1 heterocycles. The third-order valence-corrected chi connectivity index (χ3v) is 3.42. The van der Waals surface area contributed by atoms with E-state index in [1.165, 1.54) is 0 Å². The monoisotopic (exact) mass is 331 g/mol. The van der Waals surface area contributed by atoms with Crippen LogP contribution in [0.3, 0.4) is 0 Å². The van der Waals surface area contributed by atoms with E-state index in [9.17, 15) is 4.79 Å². The number of ether oxygens (including phenoxy) is 1. The van der Waals surface area contributed by atoms with Crippen molar-refractivity contribution in [3.8, 4) is 17.2 Å². The number of rotatable bonds is 2. The lowest BCUT2D eigenvalue weighted by Gasteiger charge is -2.06. The van der Waals surface area contributed by atoms with Crippen LogP contribution in [0, 0.1) is 0 Å². The average Bonchev–Trinajstić information content (AvgIpc) is 2.47. The van der Waals surface area contributed by atoms with Gasteiger partial charge in [0.25, 0.3) is 0 Å². The van der Waals surface area contributed by atoms with Gasteiger partial charge in [0.05, 0.1) is 23.6 Å². The van der Waals surface area contributed by atoms with E-state index < -0.39 is 5.63 Å². The Hall–Kier alpha value is -2.14. The number of nitrogens with zero attached hydrogens (tertiary/aromatic N) is 1.